The van der Waals surface area contributed by atoms with Gasteiger partial charge in [0.1, 0.15) is 6.54 Å². The van der Waals surface area contributed by atoms with Crippen LogP contribution in [0, 0.1) is 0 Å². The minimum atomic E-state index is -0.132. The SMILES string of the molecule is COc1ccc(-c2ccc(N3CCN(C(=O)CN(C(=O)c4ccccc4)C(C)C)CC3)nn2)cc1OC. The Morgan fingerprint density at radius 2 is 1.59 bits per heavy atom. The van der Waals surface area contributed by atoms with Crippen molar-refractivity contribution in [1.82, 2.24) is 20.0 Å². The van der Waals surface area contributed by atoms with Crippen LogP contribution in [-0.2, 0) is 4.79 Å². The third-order valence-electron chi connectivity index (χ3n) is 6.50. The Hall–Kier alpha value is -4.14. The molecule has 3 aromatic rings. The number of benzene rings is 2. The van der Waals surface area contributed by atoms with E-state index in [-0.39, 0.29) is 24.4 Å². The van der Waals surface area contributed by atoms with E-state index in [0.717, 1.165) is 17.1 Å². The van der Waals surface area contributed by atoms with Gasteiger partial charge >= 0.3 is 0 Å². The molecule has 9 nitrogen and oxygen atoms in total. The van der Waals surface area contributed by atoms with Crippen molar-refractivity contribution < 1.29 is 19.1 Å². The summed E-state index contributed by atoms with van der Waals surface area (Å²) in [5.74, 6) is 1.87. The maximum absolute atomic E-state index is 13.1. The van der Waals surface area contributed by atoms with Crippen LogP contribution in [0.5, 0.6) is 11.5 Å². The molecule has 0 saturated carbocycles. The number of methoxy groups -OCH3 is 2. The van der Waals surface area contributed by atoms with Gasteiger partial charge in [-0.05, 0) is 56.3 Å². The van der Waals surface area contributed by atoms with Crippen molar-refractivity contribution >= 4 is 17.6 Å². The molecule has 0 unspecified atom stereocenters. The second kappa shape index (κ2) is 11.7. The molecule has 2 heterocycles. The average Bonchev–Trinajstić information content (AvgIpc) is 2.95. The van der Waals surface area contributed by atoms with E-state index in [1.54, 1.807) is 31.3 Å². The topological polar surface area (TPSA) is 88.1 Å². The van der Waals surface area contributed by atoms with Crippen molar-refractivity contribution in [3.05, 3.63) is 66.2 Å². The molecule has 1 saturated heterocycles. The molecule has 1 fully saturated rings. The maximum Gasteiger partial charge on any atom is 0.254 e. The summed E-state index contributed by atoms with van der Waals surface area (Å²) in [5, 5.41) is 8.83. The highest BCUT2D eigenvalue weighted by molar-refractivity contribution is 5.96. The average molecular weight is 504 g/mol. The lowest BCUT2D eigenvalue weighted by molar-refractivity contribution is -0.132. The summed E-state index contributed by atoms with van der Waals surface area (Å²) in [5.41, 5.74) is 2.20. The van der Waals surface area contributed by atoms with E-state index in [0.29, 0.717) is 43.2 Å². The van der Waals surface area contributed by atoms with Crippen molar-refractivity contribution in [1.29, 1.82) is 0 Å². The molecule has 1 aliphatic heterocycles. The number of carbonyl (C=O) groups is 2. The molecule has 0 spiro atoms. The van der Waals surface area contributed by atoms with E-state index in [4.69, 9.17) is 9.47 Å². The van der Waals surface area contributed by atoms with Gasteiger partial charge in [-0.15, -0.1) is 10.2 Å². The van der Waals surface area contributed by atoms with Gasteiger partial charge in [-0.1, -0.05) is 18.2 Å². The summed E-state index contributed by atoms with van der Waals surface area (Å²) in [4.78, 5) is 31.6. The number of carbonyl (C=O) groups excluding carboxylic acids is 2. The molecule has 0 aliphatic carbocycles. The first-order chi connectivity index (χ1) is 17.9. The van der Waals surface area contributed by atoms with Crippen LogP contribution in [0.4, 0.5) is 5.82 Å². The van der Waals surface area contributed by atoms with Gasteiger partial charge in [0.15, 0.2) is 17.3 Å². The Bertz CT molecular complexity index is 1210. The van der Waals surface area contributed by atoms with Crippen LogP contribution in [0.15, 0.2) is 60.7 Å². The number of hydrogen-bond donors (Lipinski definition) is 0. The molecule has 0 N–H and O–H groups in total. The van der Waals surface area contributed by atoms with Crippen LogP contribution in [0.1, 0.15) is 24.2 Å². The highest BCUT2D eigenvalue weighted by Crippen LogP contribution is 2.31. The zero-order valence-electron chi connectivity index (χ0n) is 21.8. The molecule has 37 heavy (non-hydrogen) atoms. The standard InChI is InChI=1S/C28H33N5O4/c1-20(2)33(28(35)21-8-6-5-7-9-21)19-27(34)32-16-14-31(15-17-32)26-13-11-23(29-30-26)22-10-12-24(36-3)25(18-22)37-4/h5-13,18,20H,14-17,19H2,1-4H3. The summed E-state index contributed by atoms with van der Waals surface area (Å²) in [6.45, 7) is 6.32. The lowest BCUT2D eigenvalue weighted by Crippen LogP contribution is -2.53. The zero-order chi connectivity index (χ0) is 26.4. The molecular formula is C28H33N5O4. The van der Waals surface area contributed by atoms with E-state index in [1.807, 2.05) is 67.3 Å². The molecule has 0 atom stereocenters. The van der Waals surface area contributed by atoms with Crippen LogP contribution >= 0.6 is 0 Å². The first-order valence-corrected chi connectivity index (χ1v) is 12.4. The molecule has 2 aromatic carbocycles. The Labute approximate surface area is 217 Å². The largest absolute Gasteiger partial charge is 0.493 e. The van der Waals surface area contributed by atoms with Gasteiger partial charge in [-0.25, -0.2) is 0 Å². The van der Waals surface area contributed by atoms with E-state index < -0.39 is 0 Å². The molecule has 1 aliphatic rings. The van der Waals surface area contributed by atoms with Crippen molar-refractivity contribution in [2.24, 2.45) is 0 Å². The Morgan fingerprint density at radius 1 is 0.892 bits per heavy atom. The molecule has 4 rings (SSSR count). The van der Waals surface area contributed by atoms with Crippen LogP contribution in [0.2, 0.25) is 0 Å². The zero-order valence-corrected chi connectivity index (χ0v) is 21.8. The van der Waals surface area contributed by atoms with Gasteiger partial charge in [0.2, 0.25) is 5.91 Å². The number of nitrogens with zero attached hydrogens (tertiary/aromatic N) is 5. The molecule has 2 amide bonds. The van der Waals surface area contributed by atoms with Crippen molar-refractivity contribution in [3.63, 3.8) is 0 Å². The van der Waals surface area contributed by atoms with Gasteiger partial charge in [-0.3, -0.25) is 9.59 Å². The van der Waals surface area contributed by atoms with Crippen LogP contribution in [0.25, 0.3) is 11.3 Å². The first kappa shape index (κ1) is 25.9. The molecule has 0 bridgehead atoms. The highest BCUT2D eigenvalue weighted by Gasteiger charge is 2.27. The van der Waals surface area contributed by atoms with Crippen molar-refractivity contribution in [2.75, 3.05) is 51.8 Å². The van der Waals surface area contributed by atoms with Crippen molar-refractivity contribution in [3.8, 4) is 22.8 Å². The van der Waals surface area contributed by atoms with Crippen LogP contribution in [-0.4, -0.2) is 84.8 Å². The van der Waals surface area contributed by atoms with E-state index >= 15 is 0 Å². The number of piperazine rings is 1. The summed E-state index contributed by atoms with van der Waals surface area (Å²) >= 11 is 0. The van der Waals surface area contributed by atoms with Crippen LogP contribution in [0.3, 0.4) is 0 Å². The number of amides is 2. The third-order valence-corrected chi connectivity index (χ3v) is 6.50. The van der Waals surface area contributed by atoms with E-state index in [2.05, 4.69) is 15.1 Å². The number of aromatic nitrogens is 2. The molecule has 1 aromatic heterocycles. The summed E-state index contributed by atoms with van der Waals surface area (Å²) < 4.78 is 10.7. The molecule has 9 heteroatoms. The predicted octanol–water partition coefficient (Wildman–Crippen LogP) is 3.36. The van der Waals surface area contributed by atoms with Crippen molar-refractivity contribution in [2.45, 2.75) is 19.9 Å². The third kappa shape index (κ3) is 5.99. The number of ether oxygens (including phenoxy) is 2. The smallest absolute Gasteiger partial charge is 0.254 e. The lowest BCUT2D eigenvalue weighted by atomic mass is 10.1. The highest BCUT2D eigenvalue weighted by atomic mass is 16.5. The van der Waals surface area contributed by atoms with E-state index in [1.165, 1.54) is 0 Å². The Morgan fingerprint density at radius 3 is 2.19 bits per heavy atom. The Kier molecular flexibility index (Phi) is 8.22. The summed E-state index contributed by atoms with van der Waals surface area (Å²) in [7, 11) is 3.20. The van der Waals surface area contributed by atoms with Gasteiger partial charge in [0.25, 0.3) is 5.91 Å². The summed E-state index contributed by atoms with van der Waals surface area (Å²) in [6.07, 6.45) is 0. The van der Waals surface area contributed by atoms with Crippen LogP contribution < -0.4 is 14.4 Å². The normalized spacial score (nSPS) is 13.4. The Balaban J connectivity index is 1.35. The van der Waals surface area contributed by atoms with Gasteiger partial charge < -0.3 is 24.2 Å². The fourth-order valence-corrected chi connectivity index (χ4v) is 4.31. The first-order valence-electron chi connectivity index (χ1n) is 12.4. The second-order valence-electron chi connectivity index (χ2n) is 9.11. The number of anilines is 1. The quantitative estimate of drug-likeness (QED) is 0.466. The minimum Gasteiger partial charge on any atom is -0.493 e. The van der Waals surface area contributed by atoms with Gasteiger partial charge in [0.05, 0.1) is 19.9 Å². The minimum absolute atomic E-state index is 0.0486. The molecular weight excluding hydrogens is 470 g/mol. The second-order valence-corrected chi connectivity index (χ2v) is 9.11. The lowest BCUT2D eigenvalue weighted by Gasteiger charge is -2.36. The van der Waals surface area contributed by atoms with Gasteiger partial charge in [0, 0.05) is 43.3 Å². The summed E-state index contributed by atoms with van der Waals surface area (Å²) in [6, 6.07) is 18.5. The fraction of sp³-hybridized carbons (Fsp3) is 0.357. The predicted molar refractivity (Wildman–Crippen MR) is 142 cm³/mol. The molecule has 0 radical (unpaired) electrons. The monoisotopic (exact) mass is 503 g/mol. The van der Waals surface area contributed by atoms with Gasteiger partial charge in [-0.2, -0.15) is 0 Å². The fourth-order valence-electron chi connectivity index (χ4n) is 4.31. The molecule has 194 valence electrons. The maximum atomic E-state index is 13.1. The number of hydrogen-bond acceptors (Lipinski definition) is 7. The number of rotatable bonds is 8. The van der Waals surface area contributed by atoms with E-state index in [9.17, 15) is 9.59 Å².